The average molecular weight is 289 g/mol. The van der Waals surface area contributed by atoms with E-state index < -0.39 is 10.2 Å². The fourth-order valence-corrected chi connectivity index (χ4v) is 4.69. The predicted molar refractivity (Wildman–Crippen MR) is 76.8 cm³/mol. The van der Waals surface area contributed by atoms with Gasteiger partial charge in [0.05, 0.1) is 0 Å². The van der Waals surface area contributed by atoms with Gasteiger partial charge in [-0.05, 0) is 44.1 Å². The highest BCUT2D eigenvalue weighted by molar-refractivity contribution is 7.87. The number of hydrogen-bond acceptors (Lipinski definition) is 3. The minimum atomic E-state index is -3.30. The van der Waals surface area contributed by atoms with Gasteiger partial charge < -0.3 is 5.73 Å². The molecule has 0 aromatic heterocycles. The Morgan fingerprint density at radius 2 is 1.89 bits per heavy atom. The van der Waals surface area contributed by atoms with Crippen LogP contribution in [0.1, 0.15) is 45.4 Å². The maximum absolute atomic E-state index is 12.3. The minimum Gasteiger partial charge on any atom is -0.330 e. The quantitative estimate of drug-likeness (QED) is 0.813. The van der Waals surface area contributed by atoms with E-state index in [9.17, 15) is 8.42 Å². The van der Waals surface area contributed by atoms with E-state index in [-0.39, 0.29) is 6.04 Å². The Morgan fingerprint density at radius 1 is 1.21 bits per heavy atom. The molecule has 0 aromatic rings. The molecule has 0 radical (unpaired) electrons. The molecule has 2 rings (SSSR count). The molecule has 112 valence electrons. The summed E-state index contributed by atoms with van der Waals surface area (Å²) in [5.74, 6) is 1.12. The second-order valence-electron chi connectivity index (χ2n) is 6.17. The summed E-state index contributed by atoms with van der Waals surface area (Å²) in [4.78, 5) is 0. The first-order valence-corrected chi connectivity index (χ1v) is 8.92. The molecule has 0 amide bonds. The van der Waals surface area contributed by atoms with Crippen molar-refractivity contribution in [3.05, 3.63) is 0 Å². The molecule has 1 saturated carbocycles. The average Bonchev–Trinajstić information content (AvgIpc) is 2.38. The maximum atomic E-state index is 12.3. The molecule has 0 bridgehead atoms. The summed E-state index contributed by atoms with van der Waals surface area (Å²) in [5.41, 5.74) is 5.64. The summed E-state index contributed by atoms with van der Waals surface area (Å²) >= 11 is 0. The molecular weight excluding hydrogens is 262 g/mol. The van der Waals surface area contributed by atoms with E-state index in [0.717, 1.165) is 32.1 Å². The largest absolute Gasteiger partial charge is 0.330 e. The third-order valence-corrected chi connectivity index (χ3v) is 6.17. The van der Waals surface area contributed by atoms with Crippen molar-refractivity contribution in [3.63, 3.8) is 0 Å². The highest BCUT2D eigenvalue weighted by Crippen LogP contribution is 2.25. The Labute approximate surface area is 117 Å². The van der Waals surface area contributed by atoms with Gasteiger partial charge in [-0.3, -0.25) is 0 Å². The fraction of sp³-hybridized carbons (Fsp3) is 1.00. The predicted octanol–water partition coefficient (Wildman–Crippen LogP) is 1.07. The Bertz CT molecular complexity index is 377. The molecule has 19 heavy (non-hydrogen) atoms. The number of nitrogens with one attached hydrogen (secondary N) is 1. The van der Waals surface area contributed by atoms with Crippen molar-refractivity contribution in [2.45, 2.75) is 51.5 Å². The second kappa shape index (κ2) is 6.52. The number of piperidine rings is 1. The van der Waals surface area contributed by atoms with Gasteiger partial charge in [-0.2, -0.15) is 17.4 Å². The number of nitrogens with zero attached hydrogens (tertiary/aromatic N) is 1. The second-order valence-corrected chi connectivity index (χ2v) is 7.87. The van der Waals surface area contributed by atoms with Gasteiger partial charge in [-0.15, -0.1) is 0 Å². The van der Waals surface area contributed by atoms with Gasteiger partial charge in [-0.1, -0.05) is 19.8 Å². The molecule has 0 aromatic carbocycles. The highest BCUT2D eigenvalue weighted by Gasteiger charge is 2.30. The molecule has 3 N–H and O–H groups in total. The molecule has 1 saturated heterocycles. The minimum absolute atomic E-state index is 0.126. The van der Waals surface area contributed by atoms with Crippen LogP contribution < -0.4 is 10.5 Å². The van der Waals surface area contributed by atoms with Crippen LogP contribution in [0.25, 0.3) is 0 Å². The maximum Gasteiger partial charge on any atom is 0.279 e. The monoisotopic (exact) mass is 289 g/mol. The summed E-state index contributed by atoms with van der Waals surface area (Å²) in [5, 5.41) is 0. The molecule has 1 heterocycles. The lowest BCUT2D eigenvalue weighted by Gasteiger charge is -2.33. The summed E-state index contributed by atoms with van der Waals surface area (Å²) in [6, 6.07) is 0.126. The van der Waals surface area contributed by atoms with Gasteiger partial charge in [0.25, 0.3) is 10.2 Å². The van der Waals surface area contributed by atoms with Crippen molar-refractivity contribution >= 4 is 10.2 Å². The van der Waals surface area contributed by atoms with Crippen LogP contribution in [-0.2, 0) is 10.2 Å². The summed E-state index contributed by atoms with van der Waals surface area (Å²) < 4.78 is 29.2. The standard InChI is InChI=1S/C13H27N3O2S/c1-11-3-2-4-13(9-11)15-19(17,18)16-7-5-12(10-14)6-8-16/h11-13,15H,2-10,14H2,1H3. The molecule has 2 unspecified atom stereocenters. The van der Waals surface area contributed by atoms with E-state index in [1.54, 1.807) is 4.31 Å². The molecule has 5 nitrogen and oxygen atoms in total. The SMILES string of the molecule is CC1CCCC(NS(=O)(=O)N2CCC(CN)CC2)C1. The number of nitrogens with two attached hydrogens (primary N) is 1. The van der Waals surface area contributed by atoms with Crippen LogP contribution in [0.15, 0.2) is 0 Å². The molecular formula is C13H27N3O2S. The number of hydrogen-bond donors (Lipinski definition) is 2. The molecule has 6 heteroatoms. The Kier molecular flexibility index (Phi) is 5.22. The first-order valence-electron chi connectivity index (χ1n) is 7.48. The zero-order valence-electron chi connectivity index (χ0n) is 11.8. The lowest BCUT2D eigenvalue weighted by Crippen LogP contribution is -2.49. The van der Waals surface area contributed by atoms with Crippen LogP contribution in [0.4, 0.5) is 0 Å². The summed E-state index contributed by atoms with van der Waals surface area (Å²) in [7, 11) is -3.30. The Balaban J connectivity index is 1.88. The smallest absolute Gasteiger partial charge is 0.279 e. The van der Waals surface area contributed by atoms with Crippen LogP contribution in [0, 0.1) is 11.8 Å². The van der Waals surface area contributed by atoms with Crippen molar-refractivity contribution in [1.29, 1.82) is 0 Å². The zero-order valence-corrected chi connectivity index (χ0v) is 12.7. The summed E-state index contributed by atoms with van der Waals surface area (Å²) in [6.07, 6.45) is 6.07. The van der Waals surface area contributed by atoms with Gasteiger partial charge in [0.2, 0.25) is 0 Å². The van der Waals surface area contributed by atoms with Crippen LogP contribution in [0.5, 0.6) is 0 Å². The van der Waals surface area contributed by atoms with Gasteiger partial charge >= 0.3 is 0 Å². The van der Waals surface area contributed by atoms with Gasteiger partial charge in [0, 0.05) is 19.1 Å². The van der Waals surface area contributed by atoms with E-state index in [1.807, 2.05) is 0 Å². The molecule has 2 aliphatic rings. The lowest BCUT2D eigenvalue weighted by atomic mass is 9.88. The van der Waals surface area contributed by atoms with E-state index in [4.69, 9.17) is 5.73 Å². The molecule has 2 atom stereocenters. The van der Waals surface area contributed by atoms with E-state index in [2.05, 4.69) is 11.6 Å². The molecule has 1 aliphatic heterocycles. The van der Waals surface area contributed by atoms with Crippen molar-refractivity contribution < 1.29 is 8.42 Å². The Morgan fingerprint density at radius 3 is 2.47 bits per heavy atom. The van der Waals surface area contributed by atoms with Crippen LogP contribution >= 0.6 is 0 Å². The van der Waals surface area contributed by atoms with Gasteiger partial charge in [0.15, 0.2) is 0 Å². The molecule has 0 spiro atoms. The van der Waals surface area contributed by atoms with Crippen LogP contribution in [0.3, 0.4) is 0 Å². The Hall–Kier alpha value is -0.170. The third kappa shape index (κ3) is 4.15. The van der Waals surface area contributed by atoms with Crippen molar-refractivity contribution in [2.75, 3.05) is 19.6 Å². The van der Waals surface area contributed by atoms with E-state index >= 15 is 0 Å². The van der Waals surface area contributed by atoms with E-state index in [1.165, 1.54) is 6.42 Å². The lowest BCUT2D eigenvalue weighted by molar-refractivity contribution is 0.267. The zero-order chi connectivity index (χ0) is 13.9. The van der Waals surface area contributed by atoms with E-state index in [0.29, 0.717) is 31.5 Å². The van der Waals surface area contributed by atoms with Crippen LogP contribution in [0.2, 0.25) is 0 Å². The normalized spacial score (nSPS) is 31.5. The molecule has 1 aliphatic carbocycles. The van der Waals surface area contributed by atoms with Gasteiger partial charge in [-0.25, -0.2) is 0 Å². The van der Waals surface area contributed by atoms with Crippen molar-refractivity contribution in [3.8, 4) is 0 Å². The fourth-order valence-electron chi connectivity index (χ4n) is 3.21. The van der Waals surface area contributed by atoms with Crippen molar-refractivity contribution in [2.24, 2.45) is 17.6 Å². The van der Waals surface area contributed by atoms with Gasteiger partial charge in [0.1, 0.15) is 0 Å². The topological polar surface area (TPSA) is 75.4 Å². The van der Waals surface area contributed by atoms with Crippen molar-refractivity contribution in [1.82, 2.24) is 9.03 Å². The highest BCUT2D eigenvalue weighted by atomic mass is 32.2. The first-order chi connectivity index (χ1) is 9.01. The molecule has 2 fully saturated rings. The third-order valence-electron chi connectivity index (χ3n) is 4.50. The summed E-state index contributed by atoms with van der Waals surface area (Å²) in [6.45, 7) is 4.09. The number of rotatable bonds is 4. The first kappa shape index (κ1) is 15.2. The van der Waals surface area contributed by atoms with Crippen LogP contribution in [-0.4, -0.2) is 38.4 Å².